The fourth-order valence-electron chi connectivity index (χ4n) is 1.59. The van der Waals surface area contributed by atoms with Crippen LogP contribution in [-0.2, 0) is 9.53 Å². The van der Waals surface area contributed by atoms with Crippen LogP contribution in [0.15, 0.2) is 12.2 Å². The predicted octanol–water partition coefficient (Wildman–Crippen LogP) is 1.60. The third kappa shape index (κ3) is 11.4. The molecule has 0 radical (unpaired) electrons. The molecule has 3 N–H and O–H groups in total. The molecule has 17 heavy (non-hydrogen) atoms. The molecule has 0 fully saturated rings. The molecule has 4 heteroatoms. The average Bonchev–Trinajstić information content (AvgIpc) is 2.29. The van der Waals surface area contributed by atoms with Crippen molar-refractivity contribution >= 4 is 6.41 Å². The van der Waals surface area contributed by atoms with Crippen LogP contribution in [0.4, 0.5) is 0 Å². The number of ether oxygens (including phenoxy) is 1. The maximum absolute atomic E-state index is 10.1. The van der Waals surface area contributed by atoms with E-state index in [0.29, 0.717) is 6.61 Å². The van der Waals surface area contributed by atoms with Gasteiger partial charge in [-0.25, -0.2) is 0 Å². The summed E-state index contributed by atoms with van der Waals surface area (Å²) in [4.78, 5) is 10.1. The lowest BCUT2D eigenvalue weighted by atomic mass is 10.1. The van der Waals surface area contributed by atoms with Crippen LogP contribution in [0.2, 0.25) is 0 Å². The first-order chi connectivity index (χ1) is 8.20. The maximum Gasteiger partial charge on any atom is 0.207 e. The molecule has 2 atom stereocenters. The number of carbonyl (C=O) groups excluding carboxylic acids is 1. The molecule has 0 aromatic heterocycles. The molecule has 2 unspecified atom stereocenters. The zero-order valence-electron chi connectivity index (χ0n) is 11.0. The number of amides is 1. The summed E-state index contributed by atoms with van der Waals surface area (Å²) in [5.41, 5.74) is 5.60. The quantitative estimate of drug-likeness (QED) is 0.328. The number of hydrogen-bond donors (Lipinski definition) is 2. The minimum Gasteiger partial charge on any atom is -0.374 e. The summed E-state index contributed by atoms with van der Waals surface area (Å²) >= 11 is 0. The summed E-state index contributed by atoms with van der Waals surface area (Å²) in [6.45, 7) is 5.43. The first-order valence-electron chi connectivity index (χ1n) is 6.41. The number of nitrogens with one attached hydrogen (secondary N) is 1. The molecule has 0 saturated heterocycles. The van der Waals surface area contributed by atoms with Gasteiger partial charge < -0.3 is 15.8 Å². The van der Waals surface area contributed by atoms with Gasteiger partial charge >= 0.3 is 0 Å². The highest BCUT2D eigenvalue weighted by atomic mass is 16.5. The SMILES string of the molecule is CCCC(CCCNC=O)OC/C=C\C(C)N. The van der Waals surface area contributed by atoms with Crippen LogP contribution in [0.5, 0.6) is 0 Å². The summed E-state index contributed by atoms with van der Waals surface area (Å²) < 4.78 is 5.75. The monoisotopic (exact) mass is 242 g/mol. The zero-order valence-corrected chi connectivity index (χ0v) is 11.0. The van der Waals surface area contributed by atoms with E-state index in [2.05, 4.69) is 12.2 Å². The minimum atomic E-state index is 0.0833. The van der Waals surface area contributed by atoms with E-state index in [0.717, 1.165) is 38.6 Å². The van der Waals surface area contributed by atoms with Gasteiger partial charge in [-0.15, -0.1) is 0 Å². The molecular weight excluding hydrogens is 216 g/mol. The summed E-state index contributed by atoms with van der Waals surface area (Å²) in [6, 6.07) is 0.0833. The Bertz CT molecular complexity index is 206. The second kappa shape index (κ2) is 11.6. The van der Waals surface area contributed by atoms with Gasteiger partial charge in [0, 0.05) is 12.6 Å². The van der Waals surface area contributed by atoms with E-state index in [1.807, 2.05) is 19.1 Å². The highest BCUT2D eigenvalue weighted by molar-refractivity contribution is 5.45. The van der Waals surface area contributed by atoms with Gasteiger partial charge in [-0.2, -0.15) is 0 Å². The first-order valence-corrected chi connectivity index (χ1v) is 6.41. The van der Waals surface area contributed by atoms with Gasteiger partial charge in [0.25, 0.3) is 0 Å². The first kappa shape index (κ1) is 16.1. The predicted molar refractivity (Wildman–Crippen MR) is 70.7 cm³/mol. The van der Waals surface area contributed by atoms with E-state index < -0.39 is 0 Å². The molecule has 0 saturated carbocycles. The third-order valence-corrected chi connectivity index (χ3v) is 2.41. The summed E-state index contributed by atoms with van der Waals surface area (Å²) in [5.74, 6) is 0. The molecule has 1 amide bonds. The third-order valence-electron chi connectivity index (χ3n) is 2.41. The van der Waals surface area contributed by atoms with Crippen LogP contribution in [-0.4, -0.2) is 31.7 Å². The highest BCUT2D eigenvalue weighted by Gasteiger charge is 2.06. The van der Waals surface area contributed by atoms with Crippen LogP contribution in [0.3, 0.4) is 0 Å². The normalized spacial score (nSPS) is 14.8. The van der Waals surface area contributed by atoms with Crippen molar-refractivity contribution < 1.29 is 9.53 Å². The molecule has 0 heterocycles. The molecular formula is C13H26N2O2. The van der Waals surface area contributed by atoms with Crippen molar-refractivity contribution in [1.82, 2.24) is 5.32 Å². The van der Waals surface area contributed by atoms with Crippen LogP contribution in [0.1, 0.15) is 39.5 Å². The zero-order chi connectivity index (χ0) is 12.9. The lowest BCUT2D eigenvalue weighted by Crippen LogP contribution is -2.18. The van der Waals surface area contributed by atoms with Crippen molar-refractivity contribution in [3.8, 4) is 0 Å². The Morgan fingerprint density at radius 3 is 2.76 bits per heavy atom. The Hall–Kier alpha value is -0.870. The highest BCUT2D eigenvalue weighted by Crippen LogP contribution is 2.09. The number of nitrogens with two attached hydrogens (primary N) is 1. The van der Waals surface area contributed by atoms with Crippen LogP contribution in [0, 0.1) is 0 Å². The van der Waals surface area contributed by atoms with Crippen molar-refractivity contribution in [1.29, 1.82) is 0 Å². The standard InChI is InChI=1S/C13H26N2O2/c1-3-6-13(8-4-9-15-11-16)17-10-5-7-12(2)14/h5,7,11-13H,3-4,6,8-10,14H2,1-2H3,(H,15,16)/b7-5-. The van der Waals surface area contributed by atoms with Crippen molar-refractivity contribution in [2.75, 3.05) is 13.2 Å². The largest absolute Gasteiger partial charge is 0.374 e. The van der Waals surface area contributed by atoms with E-state index in [1.165, 1.54) is 0 Å². The topological polar surface area (TPSA) is 64.3 Å². The Labute approximate surface area is 105 Å². The molecule has 0 aromatic carbocycles. The lowest BCUT2D eigenvalue weighted by Gasteiger charge is -2.16. The molecule has 0 aromatic rings. The molecule has 100 valence electrons. The van der Waals surface area contributed by atoms with E-state index in [1.54, 1.807) is 0 Å². The second-order valence-electron chi connectivity index (χ2n) is 4.25. The average molecular weight is 242 g/mol. The van der Waals surface area contributed by atoms with Gasteiger partial charge in [-0.3, -0.25) is 4.79 Å². The van der Waals surface area contributed by atoms with Gasteiger partial charge in [0.1, 0.15) is 0 Å². The van der Waals surface area contributed by atoms with Gasteiger partial charge in [-0.05, 0) is 26.2 Å². The number of hydrogen-bond acceptors (Lipinski definition) is 3. The summed E-state index contributed by atoms with van der Waals surface area (Å²) in [5, 5.41) is 2.66. The Balaban J connectivity index is 3.69. The molecule has 0 spiro atoms. The fraction of sp³-hybridized carbons (Fsp3) is 0.769. The summed E-state index contributed by atoms with van der Waals surface area (Å²) in [6.07, 6.45) is 9.05. The summed E-state index contributed by atoms with van der Waals surface area (Å²) in [7, 11) is 0. The Morgan fingerprint density at radius 2 is 2.18 bits per heavy atom. The van der Waals surface area contributed by atoms with Gasteiger partial charge in [0.15, 0.2) is 0 Å². The maximum atomic E-state index is 10.1. The molecule has 0 rings (SSSR count). The number of rotatable bonds is 11. The van der Waals surface area contributed by atoms with Gasteiger partial charge in [0.2, 0.25) is 6.41 Å². The molecule has 0 aliphatic carbocycles. The van der Waals surface area contributed by atoms with E-state index in [-0.39, 0.29) is 12.1 Å². The molecule has 4 nitrogen and oxygen atoms in total. The smallest absolute Gasteiger partial charge is 0.207 e. The molecule has 0 aliphatic rings. The van der Waals surface area contributed by atoms with Crippen molar-refractivity contribution in [2.45, 2.75) is 51.7 Å². The fourth-order valence-corrected chi connectivity index (χ4v) is 1.59. The van der Waals surface area contributed by atoms with Crippen molar-refractivity contribution in [3.63, 3.8) is 0 Å². The minimum absolute atomic E-state index is 0.0833. The van der Waals surface area contributed by atoms with Crippen LogP contribution < -0.4 is 11.1 Å². The molecule has 0 bridgehead atoms. The van der Waals surface area contributed by atoms with Crippen LogP contribution >= 0.6 is 0 Å². The Kier molecular flexibility index (Phi) is 11.0. The number of carbonyl (C=O) groups is 1. The van der Waals surface area contributed by atoms with E-state index in [4.69, 9.17) is 10.5 Å². The lowest BCUT2D eigenvalue weighted by molar-refractivity contribution is -0.109. The van der Waals surface area contributed by atoms with Crippen molar-refractivity contribution in [2.24, 2.45) is 5.73 Å². The van der Waals surface area contributed by atoms with E-state index >= 15 is 0 Å². The van der Waals surface area contributed by atoms with Crippen molar-refractivity contribution in [3.05, 3.63) is 12.2 Å². The van der Waals surface area contributed by atoms with Gasteiger partial charge in [0.05, 0.1) is 12.7 Å². The van der Waals surface area contributed by atoms with Crippen LogP contribution in [0.25, 0.3) is 0 Å². The Morgan fingerprint density at radius 1 is 1.41 bits per heavy atom. The van der Waals surface area contributed by atoms with E-state index in [9.17, 15) is 4.79 Å². The van der Waals surface area contributed by atoms with Gasteiger partial charge in [-0.1, -0.05) is 25.5 Å². The molecule has 0 aliphatic heterocycles. The second-order valence-corrected chi connectivity index (χ2v) is 4.25.